The fraction of sp³-hybridized carbons (Fsp3) is 0.745. The van der Waals surface area contributed by atoms with Gasteiger partial charge in [0.25, 0.3) is 0 Å². The maximum atomic E-state index is 12.8. The van der Waals surface area contributed by atoms with E-state index >= 15 is 0 Å². The van der Waals surface area contributed by atoms with Gasteiger partial charge in [-0.3, -0.25) is 23.2 Å². The number of carbonyl (C=O) groups is 2. The summed E-state index contributed by atoms with van der Waals surface area (Å²) >= 11 is 0. The number of nitrogens with zero attached hydrogens (tertiary/aromatic N) is 2. The first kappa shape index (κ1) is 59.2. The Balaban J connectivity index is 1.42. The first-order valence-electron chi connectivity index (χ1n) is 24.5. The van der Waals surface area contributed by atoms with Crippen LogP contribution in [-0.2, 0) is 51.0 Å². The van der Waals surface area contributed by atoms with E-state index in [1.54, 1.807) is 0 Å². The van der Waals surface area contributed by atoms with E-state index in [9.17, 15) is 43.5 Å². The van der Waals surface area contributed by atoms with Crippen molar-refractivity contribution in [1.29, 1.82) is 0 Å². The molecule has 3 heterocycles. The van der Waals surface area contributed by atoms with E-state index in [0.29, 0.717) is 19.3 Å². The first-order chi connectivity index (χ1) is 32.5. The van der Waals surface area contributed by atoms with Crippen molar-refractivity contribution in [1.82, 2.24) is 9.55 Å². The number of allylic oxidation sites excluding steroid dienone is 4. The number of hydrogen-bond donors (Lipinski definition) is 5. The number of phosphoric ester groups is 2. The van der Waals surface area contributed by atoms with Gasteiger partial charge in [0.15, 0.2) is 12.3 Å². The van der Waals surface area contributed by atoms with Gasteiger partial charge in [-0.25, -0.2) is 13.9 Å². The molecular formula is C47H79N3O16P2. The van der Waals surface area contributed by atoms with E-state index in [2.05, 4.69) is 54.4 Å². The number of esters is 2. The molecule has 2 aliphatic rings. The molecule has 0 spiro atoms. The van der Waals surface area contributed by atoms with Crippen LogP contribution in [0.4, 0.5) is 5.82 Å². The number of ether oxygens (including phenoxy) is 4. The lowest BCUT2D eigenvalue weighted by molar-refractivity contribution is -0.161. The second kappa shape index (κ2) is 32.8. The van der Waals surface area contributed by atoms with Crippen molar-refractivity contribution >= 4 is 33.4 Å². The van der Waals surface area contributed by atoms with Crippen LogP contribution in [0.3, 0.4) is 0 Å². The minimum absolute atomic E-state index is 0.0350. The Hall–Kier alpha value is -3.06. The number of carbonyl (C=O) groups excluding carboxylic acids is 2. The minimum Gasteiger partial charge on any atom is -0.462 e. The summed E-state index contributed by atoms with van der Waals surface area (Å²) in [5.41, 5.74) is 4.58. The van der Waals surface area contributed by atoms with Gasteiger partial charge in [0.2, 0.25) is 0 Å². The lowest BCUT2D eigenvalue weighted by Crippen LogP contribution is -2.36. The number of nitrogen functional groups attached to an aromatic ring is 1. The highest BCUT2D eigenvalue weighted by atomic mass is 31.3. The molecule has 68 heavy (non-hydrogen) atoms. The zero-order valence-corrected chi connectivity index (χ0v) is 42.1. The van der Waals surface area contributed by atoms with Crippen molar-refractivity contribution in [3.63, 3.8) is 0 Å². The van der Waals surface area contributed by atoms with E-state index in [4.69, 9.17) is 33.7 Å². The van der Waals surface area contributed by atoms with Crippen molar-refractivity contribution in [3.05, 3.63) is 59.2 Å². The number of aliphatic hydroxyl groups is 2. The van der Waals surface area contributed by atoms with Crippen LogP contribution in [0.15, 0.2) is 53.5 Å². The summed E-state index contributed by atoms with van der Waals surface area (Å²) in [5, 5.41) is 20.9. The van der Waals surface area contributed by atoms with E-state index in [0.717, 1.165) is 68.0 Å². The van der Waals surface area contributed by atoms with Crippen LogP contribution in [0.2, 0.25) is 0 Å². The molecule has 2 aliphatic heterocycles. The third-order valence-corrected chi connectivity index (χ3v) is 13.9. The average Bonchev–Trinajstić information content (AvgIpc) is 3.97. The number of aliphatic hydroxyl groups excluding tert-OH is 2. The Kier molecular flexibility index (Phi) is 28.5. The van der Waals surface area contributed by atoms with Crippen molar-refractivity contribution < 1.29 is 71.0 Å². The number of anilines is 1. The molecule has 19 nitrogen and oxygen atoms in total. The molecule has 6 N–H and O–H groups in total. The second-order valence-electron chi connectivity index (χ2n) is 17.8. The zero-order valence-electron chi connectivity index (χ0n) is 40.3. The number of hydrogen-bond acceptors (Lipinski definition) is 16. The standard InChI is InChI=1S/C47H79N3O16P2/c1-4-5-6-7-8-10-14-17-22-27-38-39(64-38)28-23-19-20-24-29-42(51)60-33-37(63-43(52)30-25-18-15-12-9-11-13-16-21-26-36(2)3)34-61-67(56,57)66-68(58,59)62-35-40-44(53)45(54)46(65-40)50-32-31-41(48)49-47(50)55/h8,10,17,19,22-23,31-32,36-40,44-46,53-54H,4-7,9,11-16,18,20-21,24-30,33-35H2,1-3H3,(H,56,57)(H,58,59)(H2,48,49,55)/b10-8-,22-17-,23-19-/t37-,38?,39?,40-,44-,45-,46-/m1/s1. The summed E-state index contributed by atoms with van der Waals surface area (Å²) in [6.07, 6.45) is 25.7. The highest BCUT2D eigenvalue weighted by molar-refractivity contribution is 7.61. The minimum atomic E-state index is -5.43. The fourth-order valence-electron chi connectivity index (χ4n) is 7.35. The van der Waals surface area contributed by atoms with Gasteiger partial charge in [-0.05, 0) is 63.4 Å². The number of phosphoric acid groups is 2. The molecule has 0 bridgehead atoms. The van der Waals surface area contributed by atoms with Crippen LogP contribution in [0.5, 0.6) is 0 Å². The SMILES string of the molecule is CCCCC/C=C\C/C=C\CC1OC1C/C=C\CCCC(=O)OC[C@H](COP(=O)(O)OP(=O)(O)OC[C@H]1O[C@@H](n2ccc(N)nc2=O)[C@H](O)[C@@H]1O)OC(=O)CCCCCCCCCCCC(C)C. The summed E-state index contributed by atoms with van der Waals surface area (Å²) in [6, 6.07) is 1.24. The average molecular weight is 1000 g/mol. The van der Waals surface area contributed by atoms with Crippen LogP contribution >= 0.6 is 15.6 Å². The predicted octanol–water partition coefficient (Wildman–Crippen LogP) is 8.45. The van der Waals surface area contributed by atoms with Gasteiger partial charge in [-0.15, -0.1) is 0 Å². The maximum absolute atomic E-state index is 12.8. The molecule has 9 atom stereocenters. The molecule has 0 saturated carbocycles. The maximum Gasteiger partial charge on any atom is 0.481 e. The molecule has 21 heteroatoms. The van der Waals surface area contributed by atoms with Gasteiger partial charge in [0.05, 0.1) is 25.4 Å². The molecule has 0 aromatic carbocycles. The largest absolute Gasteiger partial charge is 0.481 e. The molecule has 0 amide bonds. The van der Waals surface area contributed by atoms with Crippen LogP contribution in [0.1, 0.15) is 162 Å². The molecule has 3 rings (SSSR count). The Labute approximate surface area is 402 Å². The second-order valence-corrected chi connectivity index (χ2v) is 20.9. The number of rotatable bonds is 38. The number of unbranched alkanes of at least 4 members (excludes halogenated alkanes) is 12. The van der Waals surface area contributed by atoms with Crippen molar-refractivity contribution in [2.45, 2.75) is 198 Å². The Morgan fingerprint density at radius 1 is 0.765 bits per heavy atom. The fourth-order valence-corrected chi connectivity index (χ4v) is 9.47. The third-order valence-electron chi connectivity index (χ3n) is 11.3. The van der Waals surface area contributed by atoms with Crippen LogP contribution in [-0.4, -0.2) is 97.9 Å². The summed E-state index contributed by atoms with van der Waals surface area (Å²) in [7, 11) is -10.9. The van der Waals surface area contributed by atoms with Crippen LogP contribution in [0.25, 0.3) is 0 Å². The number of epoxide rings is 1. The van der Waals surface area contributed by atoms with Gasteiger partial charge in [-0.1, -0.05) is 128 Å². The van der Waals surface area contributed by atoms with E-state index in [1.165, 1.54) is 57.4 Å². The molecule has 2 saturated heterocycles. The van der Waals surface area contributed by atoms with E-state index in [1.807, 2.05) is 12.2 Å². The van der Waals surface area contributed by atoms with Gasteiger partial charge >= 0.3 is 33.3 Å². The van der Waals surface area contributed by atoms with Gasteiger partial charge in [-0.2, -0.15) is 9.29 Å². The van der Waals surface area contributed by atoms with E-state index < -0.39 is 83.7 Å². The van der Waals surface area contributed by atoms with Gasteiger partial charge in [0, 0.05) is 19.0 Å². The molecule has 0 aliphatic carbocycles. The lowest BCUT2D eigenvalue weighted by Gasteiger charge is -2.21. The van der Waals surface area contributed by atoms with Gasteiger partial charge < -0.3 is 44.7 Å². The van der Waals surface area contributed by atoms with Crippen molar-refractivity contribution in [3.8, 4) is 0 Å². The Morgan fingerprint density at radius 3 is 2.04 bits per heavy atom. The number of nitrogens with two attached hydrogens (primary N) is 1. The molecule has 1 aromatic rings. The summed E-state index contributed by atoms with van der Waals surface area (Å²) in [4.78, 5) is 61.8. The lowest BCUT2D eigenvalue weighted by atomic mass is 10.0. The van der Waals surface area contributed by atoms with Crippen LogP contribution in [0, 0.1) is 5.92 Å². The highest BCUT2D eigenvalue weighted by Gasteiger charge is 2.46. The quantitative estimate of drug-likeness (QED) is 0.0137. The van der Waals surface area contributed by atoms with Crippen LogP contribution < -0.4 is 11.4 Å². The topological polar surface area (TPSA) is 278 Å². The third kappa shape index (κ3) is 25.7. The molecular weight excluding hydrogens is 924 g/mol. The molecule has 388 valence electrons. The van der Waals surface area contributed by atoms with Gasteiger partial charge in [0.1, 0.15) is 30.7 Å². The smallest absolute Gasteiger partial charge is 0.462 e. The Morgan fingerprint density at radius 2 is 1.37 bits per heavy atom. The summed E-state index contributed by atoms with van der Waals surface area (Å²) in [6.45, 7) is 4.31. The highest BCUT2D eigenvalue weighted by Crippen LogP contribution is 2.60. The monoisotopic (exact) mass is 1000 g/mol. The normalized spacial score (nSPS) is 22.8. The Bertz CT molecular complexity index is 1860. The van der Waals surface area contributed by atoms with Crippen molar-refractivity contribution in [2.75, 3.05) is 25.6 Å². The molecule has 1 aromatic heterocycles. The number of aromatic nitrogens is 2. The van der Waals surface area contributed by atoms with Crippen molar-refractivity contribution in [2.24, 2.45) is 5.92 Å². The predicted molar refractivity (Wildman–Crippen MR) is 256 cm³/mol. The molecule has 2 fully saturated rings. The molecule has 4 unspecified atom stereocenters. The summed E-state index contributed by atoms with van der Waals surface area (Å²) < 4.78 is 62.4. The first-order valence-corrected chi connectivity index (χ1v) is 27.5. The summed E-state index contributed by atoms with van der Waals surface area (Å²) in [5.74, 6) is -0.647. The zero-order chi connectivity index (χ0) is 49.8. The molecule has 0 radical (unpaired) electrons. The van der Waals surface area contributed by atoms with E-state index in [-0.39, 0.29) is 30.9 Å².